The van der Waals surface area contributed by atoms with E-state index in [9.17, 15) is 8.78 Å². The van der Waals surface area contributed by atoms with E-state index >= 15 is 0 Å². The van der Waals surface area contributed by atoms with Crippen molar-refractivity contribution < 1.29 is 8.78 Å². The summed E-state index contributed by atoms with van der Waals surface area (Å²) < 4.78 is 25.4. The van der Waals surface area contributed by atoms with Gasteiger partial charge in [-0.25, -0.2) is 8.78 Å². The molecule has 1 aliphatic carbocycles. The van der Waals surface area contributed by atoms with E-state index in [-0.39, 0.29) is 5.83 Å². The average molecular weight is 162 g/mol. The number of hydrogen-bond donors (Lipinski definition) is 0. The van der Waals surface area contributed by atoms with E-state index < -0.39 is 11.4 Å². The van der Waals surface area contributed by atoms with Crippen molar-refractivity contribution in [3.63, 3.8) is 0 Å². The Labute approximate surface area is 63.0 Å². The van der Waals surface area contributed by atoms with Gasteiger partial charge in [-0.3, -0.25) is 0 Å². The lowest BCUT2D eigenvalue weighted by Crippen LogP contribution is -2.18. The van der Waals surface area contributed by atoms with Crippen molar-refractivity contribution in [2.24, 2.45) is 0 Å². The monoisotopic (exact) mass is 162 g/mol. The molecular formula is C7H8F2S. The number of halogens is 2. The van der Waals surface area contributed by atoms with E-state index in [0.717, 1.165) is 0 Å². The van der Waals surface area contributed by atoms with Crippen LogP contribution < -0.4 is 0 Å². The van der Waals surface area contributed by atoms with Gasteiger partial charge in [-0.1, -0.05) is 6.08 Å². The van der Waals surface area contributed by atoms with Gasteiger partial charge in [0.1, 0.15) is 12.0 Å². The quantitative estimate of drug-likeness (QED) is 0.570. The Balaban J connectivity index is 2.71. The molecule has 0 radical (unpaired) electrons. The Kier molecular flexibility index (Phi) is 2.49. The second-order valence-electron chi connectivity index (χ2n) is 2.04. The molecule has 3 heteroatoms. The zero-order valence-electron chi connectivity index (χ0n) is 5.55. The largest absolute Gasteiger partial charge is 0.241 e. The summed E-state index contributed by atoms with van der Waals surface area (Å²) in [4.78, 5) is 0. The molecule has 0 amide bonds. The molecule has 1 aliphatic rings. The highest BCUT2D eigenvalue weighted by Gasteiger charge is 2.23. The lowest BCUT2D eigenvalue weighted by Gasteiger charge is -2.16. The minimum absolute atomic E-state index is 0.373. The number of rotatable bonds is 1. The summed E-state index contributed by atoms with van der Waals surface area (Å²) in [6.07, 6.45) is 4.61. The third-order valence-electron chi connectivity index (χ3n) is 1.37. The van der Waals surface area contributed by atoms with Crippen LogP contribution in [0.2, 0.25) is 0 Å². The minimum Gasteiger partial charge on any atom is -0.241 e. The molecule has 0 N–H and O–H groups in total. The van der Waals surface area contributed by atoms with Crippen molar-refractivity contribution in [2.45, 2.75) is 11.4 Å². The van der Waals surface area contributed by atoms with E-state index in [2.05, 4.69) is 0 Å². The van der Waals surface area contributed by atoms with Gasteiger partial charge in [0, 0.05) is 0 Å². The first kappa shape index (κ1) is 7.79. The molecule has 0 aromatic heterocycles. The smallest absolute Gasteiger partial charge is 0.137 e. The Hall–Kier alpha value is -0.310. The fourth-order valence-corrected chi connectivity index (χ4v) is 1.50. The molecule has 0 fully saturated rings. The van der Waals surface area contributed by atoms with Crippen LogP contribution in [0.1, 0.15) is 0 Å². The van der Waals surface area contributed by atoms with Crippen LogP contribution >= 0.6 is 11.8 Å². The van der Waals surface area contributed by atoms with Gasteiger partial charge in [0.2, 0.25) is 0 Å². The van der Waals surface area contributed by atoms with Gasteiger partial charge in [-0.15, -0.1) is 0 Å². The van der Waals surface area contributed by atoms with E-state index in [1.165, 1.54) is 30.0 Å². The normalized spacial score (nSPS) is 32.1. The fraction of sp³-hybridized carbons (Fsp3) is 0.429. The summed E-state index contributed by atoms with van der Waals surface area (Å²) in [5.74, 6) is -0.373. The minimum atomic E-state index is -1.17. The molecule has 2 unspecified atom stereocenters. The second-order valence-corrected chi connectivity index (χ2v) is 3.02. The Morgan fingerprint density at radius 3 is 2.70 bits per heavy atom. The van der Waals surface area contributed by atoms with Gasteiger partial charge in [0.05, 0.1) is 5.25 Å². The predicted molar refractivity (Wildman–Crippen MR) is 40.5 cm³/mol. The molecule has 2 atom stereocenters. The van der Waals surface area contributed by atoms with E-state index in [4.69, 9.17) is 0 Å². The SMILES string of the molecule is CSC1C(F)=CC=CC1F. The average Bonchev–Trinajstić information content (AvgIpc) is 1.88. The molecule has 0 saturated heterocycles. The summed E-state index contributed by atoms with van der Waals surface area (Å²) >= 11 is 1.19. The summed E-state index contributed by atoms with van der Waals surface area (Å²) in [5, 5.41) is -0.620. The highest BCUT2D eigenvalue weighted by molar-refractivity contribution is 7.99. The van der Waals surface area contributed by atoms with Crippen molar-refractivity contribution in [2.75, 3.05) is 6.26 Å². The third kappa shape index (κ3) is 1.40. The van der Waals surface area contributed by atoms with Gasteiger partial charge in [0.15, 0.2) is 0 Å². The maximum Gasteiger partial charge on any atom is 0.137 e. The van der Waals surface area contributed by atoms with Crippen LogP contribution in [0.25, 0.3) is 0 Å². The molecule has 0 bridgehead atoms. The van der Waals surface area contributed by atoms with Gasteiger partial charge in [-0.05, 0) is 18.4 Å². The molecule has 56 valence electrons. The van der Waals surface area contributed by atoms with Crippen LogP contribution in [0.5, 0.6) is 0 Å². The van der Waals surface area contributed by atoms with Crippen molar-refractivity contribution >= 4 is 11.8 Å². The van der Waals surface area contributed by atoms with Gasteiger partial charge >= 0.3 is 0 Å². The van der Waals surface area contributed by atoms with Crippen molar-refractivity contribution in [1.82, 2.24) is 0 Å². The van der Waals surface area contributed by atoms with Crippen LogP contribution in [0, 0.1) is 0 Å². The number of alkyl halides is 1. The fourth-order valence-electron chi connectivity index (χ4n) is 0.844. The number of thioether (sulfide) groups is 1. The lowest BCUT2D eigenvalue weighted by atomic mass is 10.1. The summed E-state index contributed by atoms with van der Waals surface area (Å²) in [5.41, 5.74) is 0. The van der Waals surface area contributed by atoms with Crippen LogP contribution in [0.3, 0.4) is 0 Å². The Morgan fingerprint density at radius 2 is 2.30 bits per heavy atom. The van der Waals surface area contributed by atoms with E-state index in [1.54, 1.807) is 6.26 Å². The molecule has 0 nitrogen and oxygen atoms in total. The maximum atomic E-state index is 12.7. The van der Waals surface area contributed by atoms with Gasteiger partial charge < -0.3 is 0 Å². The van der Waals surface area contributed by atoms with E-state index in [0.29, 0.717) is 0 Å². The highest BCUT2D eigenvalue weighted by Crippen LogP contribution is 2.27. The maximum absolute atomic E-state index is 12.7. The molecule has 10 heavy (non-hydrogen) atoms. The molecule has 0 aromatic carbocycles. The first-order valence-electron chi connectivity index (χ1n) is 2.96. The van der Waals surface area contributed by atoms with Gasteiger partial charge in [0.25, 0.3) is 0 Å². The molecule has 0 aliphatic heterocycles. The van der Waals surface area contributed by atoms with Crippen LogP contribution in [-0.4, -0.2) is 17.7 Å². The van der Waals surface area contributed by atoms with Gasteiger partial charge in [-0.2, -0.15) is 11.8 Å². The topological polar surface area (TPSA) is 0 Å². The molecule has 0 spiro atoms. The Morgan fingerprint density at radius 1 is 1.60 bits per heavy atom. The number of allylic oxidation sites excluding steroid dienone is 3. The van der Waals surface area contributed by atoms with Crippen molar-refractivity contribution in [3.05, 3.63) is 24.1 Å². The van der Waals surface area contributed by atoms with Crippen LogP contribution in [0.15, 0.2) is 24.1 Å². The lowest BCUT2D eigenvalue weighted by molar-refractivity contribution is 0.378. The molecule has 0 heterocycles. The second kappa shape index (κ2) is 3.19. The van der Waals surface area contributed by atoms with Crippen molar-refractivity contribution in [3.8, 4) is 0 Å². The number of hydrogen-bond acceptors (Lipinski definition) is 1. The predicted octanol–water partition coefficient (Wildman–Crippen LogP) is 2.48. The van der Waals surface area contributed by atoms with Crippen molar-refractivity contribution in [1.29, 1.82) is 0 Å². The highest BCUT2D eigenvalue weighted by atomic mass is 32.2. The first-order chi connectivity index (χ1) is 4.75. The summed E-state index contributed by atoms with van der Waals surface area (Å²) in [7, 11) is 0. The Bertz CT molecular complexity index is 174. The van der Waals surface area contributed by atoms with Crippen LogP contribution in [0.4, 0.5) is 8.78 Å². The van der Waals surface area contributed by atoms with E-state index in [1.807, 2.05) is 0 Å². The zero-order chi connectivity index (χ0) is 7.56. The third-order valence-corrected chi connectivity index (χ3v) is 2.36. The molecule has 0 aromatic rings. The first-order valence-corrected chi connectivity index (χ1v) is 4.25. The molecule has 0 saturated carbocycles. The standard InChI is InChI=1S/C7H8F2S/c1-10-7-5(8)3-2-4-6(7)9/h2-5,7H,1H3. The summed E-state index contributed by atoms with van der Waals surface area (Å²) in [6.45, 7) is 0. The molecule has 1 rings (SSSR count). The van der Waals surface area contributed by atoms with Crippen LogP contribution in [-0.2, 0) is 0 Å². The summed E-state index contributed by atoms with van der Waals surface area (Å²) in [6, 6.07) is 0. The zero-order valence-corrected chi connectivity index (χ0v) is 6.37. The molecular weight excluding hydrogens is 154 g/mol.